The number of hydrogen-bond acceptors (Lipinski definition) is 5. The molecule has 0 unspecified atom stereocenters. The van der Waals surface area contributed by atoms with E-state index in [1.807, 2.05) is 0 Å². The lowest BCUT2D eigenvalue weighted by Gasteiger charge is -2.24. The van der Waals surface area contributed by atoms with Gasteiger partial charge in [-0.2, -0.15) is 5.26 Å². The quantitative estimate of drug-likeness (QED) is 0.782. The van der Waals surface area contributed by atoms with Gasteiger partial charge in [0.15, 0.2) is 0 Å². The lowest BCUT2D eigenvalue weighted by atomic mass is 9.97. The van der Waals surface area contributed by atoms with Crippen LogP contribution in [0.4, 0.5) is 4.79 Å². The predicted octanol–water partition coefficient (Wildman–Crippen LogP) is 1.23. The van der Waals surface area contributed by atoms with Gasteiger partial charge >= 0.3 is 6.09 Å². The fraction of sp³-hybridized carbons (Fsp3) is 0.833. The van der Waals surface area contributed by atoms with E-state index in [-0.39, 0.29) is 24.3 Å². The molecule has 6 nitrogen and oxygen atoms in total. The molecule has 1 saturated heterocycles. The van der Waals surface area contributed by atoms with Crippen molar-refractivity contribution in [2.45, 2.75) is 45.3 Å². The first-order valence-corrected chi connectivity index (χ1v) is 8.05. The summed E-state index contributed by atoms with van der Waals surface area (Å²) in [6, 6.07) is 1.59. The van der Waals surface area contributed by atoms with Gasteiger partial charge in [-0.1, -0.05) is 0 Å². The van der Waals surface area contributed by atoms with E-state index in [1.165, 1.54) is 0 Å². The summed E-state index contributed by atoms with van der Waals surface area (Å²) in [5.74, 6) is -0.506. The first kappa shape index (κ1) is 15.8. The third-order valence-electron chi connectivity index (χ3n) is 2.83. The summed E-state index contributed by atoms with van der Waals surface area (Å²) in [6.45, 7) is 5.23. The molecule has 0 radical (unpaired) electrons. The minimum atomic E-state index is -3.11. The minimum Gasteiger partial charge on any atom is -0.444 e. The van der Waals surface area contributed by atoms with Crippen LogP contribution >= 0.6 is 0 Å². The van der Waals surface area contributed by atoms with Crippen LogP contribution in [0, 0.1) is 17.2 Å². The third kappa shape index (κ3) is 5.47. The van der Waals surface area contributed by atoms with Crippen LogP contribution < -0.4 is 5.32 Å². The number of rotatable bonds is 1. The molecule has 108 valence electrons. The van der Waals surface area contributed by atoms with Crippen molar-refractivity contribution in [1.29, 1.82) is 5.26 Å². The molecule has 1 heterocycles. The molecule has 0 aromatic rings. The molecule has 1 N–H and O–H groups in total. The maximum atomic E-state index is 11.7. The topological polar surface area (TPSA) is 96.3 Å². The Morgan fingerprint density at radius 2 is 1.89 bits per heavy atom. The van der Waals surface area contributed by atoms with Crippen molar-refractivity contribution >= 4 is 15.9 Å². The molecule has 7 heteroatoms. The molecule has 0 bridgehead atoms. The minimum absolute atomic E-state index is 0.00226. The van der Waals surface area contributed by atoms with E-state index in [4.69, 9.17) is 10.00 Å². The summed E-state index contributed by atoms with van der Waals surface area (Å²) < 4.78 is 28.2. The van der Waals surface area contributed by atoms with Gasteiger partial charge in [0.05, 0.1) is 23.5 Å². The monoisotopic (exact) mass is 288 g/mol. The van der Waals surface area contributed by atoms with E-state index in [2.05, 4.69) is 11.4 Å². The largest absolute Gasteiger partial charge is 0.444 e. The van der Waals surface area contributed by atoms with Gasteiger partial charge in [0.1, 0.15) is 15.4 Å². The average molecular weight is 288 g/mol. The van der Waals surface area contributed by atoms with E-state index >= 15 is 0 Å². The normalized spacial score (nSPS) is 26.8. The maximum Gasteiger partial charge on any atom is 0.407 e. The van der Waals surface area contributed by atoms with E-state index in [0.29, 0.717) is 0 Å². The number of nitriles is 1. The molecule has 2 atom stereocenters. The second kappa shape index (κ2) is 5.78. The lowest BCUT2D eigenvalue weighted by Crippen LogP contribution is -2.42. The average Bonchev–Trinajstić information content (AvgIpc) is 2.36. The molecule has 1 aliphatic rings. The molecule has 1 aliphatic heterocycles. The lowest BCUT2D eigenvalue weighted by molar-refractivity contribution is 0.0492. The molecule has 0 aromatic heterocycles. The van der Waals surface area contributed by atoms with Gasteiger partial charge in [-0.25, -0.2) is 13.2 Å². The van der Waals surface area contributed by atoms with Crippen LogP contribution in [-0.4, -0.2) is 37.7 Å². The Morgan fingerprint density at radius 1 is 1.32 bits per heavy atom. The Morgan fingerprint density at radius 3 is 2.42 bits per heavy atom. The Labute approximate surface area is 114 Å². The van der Waals surface area contributed by atoms with Gasteiger partial charge in [0.25, 0.3) is 0 Å². The number of hydrogen-bond donors (Lipinski definition) is 1. The molecule has 0 spiro atoms. The number of sulfone groups is 1. The summed E-state index contributed by atoms with van der Waals surface area (Å²) in [5, 5.41) is 11.7. The second-order valence-corrected chi connectivity index (χ2v) is 8.02. The maximum absolute atomic E-state index is 11.7. The Hall–Kier alpha value is -1.29. The van der Waals surface area contributed by atoms with Crippen LogP contribution in [-0.2, 0) is 14.6 Å². The highest BCUT2D eigenvalue weighted by Gasteiger charge is 2.31. The molecule has 0 aromatic carbocycles. The van der Waals surface area contributed by atoms with Crippen molar-refractivity contribution in [3.63, 3.8) is 0 Å². The number of carbonyl (C=O) groups excluding carboxylic acids is 1. The van der Waals surface area contributed by atoms with E-state index in [1.54, 1.807) is 20.8 Å². The highest BCUT2D eigenvalue weighted by Crippen LogP contribution is 2.19. The number of ether oxygens (including phenoxy) is 1. The predicted molar refractivity (Wildman–Crippen MR) is 70.1 cm³/mol. The van der Waals surface area contributed by atoms with Gasteiger partial charge < -0.3 is 10.1 Å². The summed E-state index contributed by atoms with van der Waals surface area (Å²) in [7, 11) is -3.11. The molecule has 1 amide bonds. The van der Waals surface area contributed by atoms with E-state index in [0.717, 1.165) is 0 Å². The molecular weight excluding hydrogens is 268 g/mol. The SMILES string of the molecule is CC(C)(C)OC(=O)N[C@@H]1CCS(=O)(=O)CC[C@@H]1C#N. The van der Waals surface area contributed by atoms with E-state index in [9.17, 15) is 13.2 Å². The highest BCUT2D eigenvalue weighted by molar-refractivity contribution is 7.91. The summed E-state index contributed by atoms with van der Waals surface area (Å²) in [4.78, 5) is 11.7. The van der Waals surface area contributed by atoms with Crippen LogP contribution in [0.3, 0.4) is 0 Å². The molecule has 1 fully saturated rings. The number of nitrogens with zero attached hydrogens (tertiary/aromatic N) is 1. The first-order valence-electron chi connectivity index (χ1n) is 6.22. The third-order valence-corrected chi connectivity index (χ3v) is 4.55. The van der Waals surface area contributed by atoms with Gasteiger partial charge in [-0.05, 0) is 33.6 Å². The number of nitrogens with one attached hydrogen (secondary N) is 1. The van der Waals surface area contributed by atoms with Crippen LogP contribution in [0.5, 0.6) is 0 Å². The Balaban J connectivity index is 2.70. The zero-order valence-electron chi connectivity index (χ0n) is 11.5. The van der Waals surface area contributed by atoms with Crippen molar-refractivity contribution in [3.8, 4) is 6.07 Å². The van der Waals surface area contributed by atoms with Crippen molar-refractivity contribution in [1.82, 2.24) is 5.32 Å². The number of alkyl carbamates (subject to hydrolysis) is 1. The zero-order chi connectivity index (χ0) is 14.7. The van der Waals surface area contributed by atoms with Crippen LogP contribution in [0.2, 0.25) is 0 Å². The summed E-state index contributed by atoms with van der Waals surface area (Å²) >= 11 is 0. The second-order valence-electron chi connectivity index (χ2n) is 5.72. The molecule has 0 aliphatic carbocycles. The van der Waals surface area contributed by atoms with Gasteiger partial charge in [0.2, 0.25) is 0 Å². The fourth-order valence-electron chi connectivity index (χ4n) is 1.90. The number of carbonyl (C=O) groups is 1. The first-order chi connectivity index (χ1) is 8.63. The van der Waals surface area contributed by atoms with Crippen LogP contribution in [0.1, 0.15) is 33.6 Å². The Bertz CT molecular complexity index is 473. The van der Waals surface area contributed by atoms with Crippen molar-refractivity contribution in [3.05, 3.63) is 0 Å². The Kier molecular flexibility index (Phi) is 4.80. The van der Waals surface area contributed by atoms with Gasteiger partial charge in [-0.15, -0.1) is 0 Å². The van der Waals surface area contributed by atoms with E-state index < -0.39 is 33.5 Å². The van der Waals surface area contributed by atoms with Crippen molar-refractivity contribution in [2.75, 3.05) is 11.5 Å². The van der Waals surface area contributed by atoms with Crippen LogP contribution in [0.25, 0.3) is 0 Å². The summed E-state index contributed by atoms with van der Waals surface area (Å²) in [6.07, 6.45) is -0.115. The molecule has 1 rings (SSSR count). The zero-order valence-corrected chi connectivity index (χ0v) is 12.3. The summed E-state index contributed by atoms with van der Waals surface area (Å²) in [5.41, 5.74) is -0.622. The number of amides is 1. The van der Waals surface area contributed by atoms with Gasteiger partial charge in [0, 0.05) is 6.04 Å². The van der Waals surface area contributed by atoms with Gasteiger partial charge in [-0.3, -0.25) is 0 Å². The highest BCUT2D eigenvalue weighted by atomic mass is 32.2. The molecule has 0 saturated carbocycles. The van der Waals surface area contributed by atoms with Crippen LogP contribution in [0.15, 0.2) is 0 Å². The smallest absolute Gasteiger partial charge is 0.407 e. The standard InChI is InChI=1S/C12H20N2O4S/c1-12(2,3)18-11(15)14-10-5-7-19(16,17)6-4-9(10)8-13/h9-10H,4-7H2,1-3H3,(H,14,15)/t9-,10-/m1/s1. The van der Waals surface area contributed by atoms with Crippen molar-refractivity contribution in [2.24, 2.45) is 5.92 Å². The fourth-order valence-corrected chi connectivity index (χ4v) is 3.33. The molecular formula is C12H20N2O4S. The van der Waals surface area contributed by atoms with Crippen molar-refractivity contribution < 1.29 is 17.9 Å². The molecule has 19 heavy (non-hydrogen) atoms.